The summed E-state index contributed by atoms with van der Waals surface area (Å²) in [6, 6.07) is 0. The zero-order valence-corrected chi connectivity index (χ0v) is 8.92. The van der Waals surface area contributed by atoms with E-state index in [4.69, 9.17) is 9.47 Å². The molecule has 1 aromatic rings. The minimum Gasteiger partial charge on any atom is -0.493 e. The standard InChI is InChI=1S/C8H7BrN2O3/c1-13-7-4(9)2-10-8-6(7)11-5(12)3-14-8/h2H,3H2,1H3,(H,11,12). The van der Waals surface area contributed by atoms with Crippen LogP contribution < -0.4 is 14.8 Å². The monoisotopic (exact) mass is 258 g/mol. The lowest BCUT2D eigenvalue weighted by atomic mass is 10.3. The third-order valence-corrected chi connectivity index (χ3v) is 2.33. The number of carbonyl (C=O) groups is 1. The molecule has 6 heteroatoms. The van der Waals surface area contributed by atoms with Crippen molar-refractivity contribution >= 4 is 27.5 Å². The Morgan fingerprint density at radius 2 is 2.50 bits per heavy atom. The molecular weight excluding hydrogens is 252 g/mol. The zero-order valence-electron chi connectivity index (χ0n) is 7.33. The van der Waals surface area contributed by atoms with Gasteiger partial charge in [0, 0.05) is 6.20 Å². The summed E-state index contributed by atoms with van der Waals surface area (Å²) in [6.45, 7) is -0.00914. The first kappa shape index (κ1) is 9.26. The number of ether oxygens (including phenoxy) is 2. The molecule has 2 heterocycles. The van der Waals surface area contributed by atoms with E-state index in [1.54, 1.807) is 6.20 Å². The van der Waals surface area contributed by atoms with E-state index in [-0.39, 0.29) is 12.5 Å². The lowest BCUT2D eigenvalue weighted by Crippen LogP contribution is -2.26. The molecule has 0 saturated carbocycles. The highest BCUT2D eigenvalue weighted by Crippen LogP contribution is 2.39. The van der Waals surface area contributed by atoms with Crippen LogP contribution in [0.25, 0.3) is 0 Å². The smallest absolute Gasteiger partial charge is 0.262 e. The molecule has 0 saturated heterocycles. The fourth-order valence-corrected chi connectivity index (χ4v) is 1.65. The Labute approximate surface area is 88.5 Å². The summed E-state index contributed by atoms with van der Waals surface area (Å²) in [6.07, 6.45) is 1.56. The molecule has 1 N–H and O–H groups in total. The van der Waals surface area contributed by atoms with Gasteiger partial charge in [0.15, 0.2) is 12.4 Å². The lowest BCUT2D eigenvalue weighted by Gasteiger charge is -2.19. The molecule has 0 spiro atoms. The highest BCUT2D eigenvalue weighted by Gasteiger charge is 2.22. The van der Waals surface area contributed by atoms with E-state index in [9.17, 15) is 4.79 Å². The molecule has 0 fully saturated rings. The van der Waals surface area contributed by atoms with Crippen molar-refractivity contribution in [1.29, 1.82) is 0 Å². The number of halogens is 1. The SMILES string of the molecule is COc1c(Br)cnc2c1NC(=O)CO2. The predicted octanol–water partition coefficient (Wildman–Crippen LogP) is 1.18. The van der Waals surface area contributed by atoms with E-state index in [0.717, 1.165) is 0 Å². The fourth-order valence-electron chi connectivity index (χ4n) is 1.18. The molecular formula is C8H7BrN2O3. The van der Waals surface area contributed by atoms with Crippen LogP contribution in [0, 0.1) is 0 Å². The van der Waals surface area contributed by atoms with Gasteiger partial charge in [-0.3, -0.25) is 4.79 Å². The number of methoxy groups -OCH3 is 1. The van der Waals surface area contributed by atoms with E-state index in [1.165, 1.54) is 7.11 Å². The minimum absolute atomic E-state index is 0.00914. The molecule has 1 aliphatic rings. The van der Waals surface area contributed by atoms with Gasteiger partial charge in [0.25, 0.3) is 5.91 Å². The second-order valence-corrected chi connectivity index (χ2v) is 3.51. The Morgan fingerprint density at radius 1 is 1.71 bits per heavy atom. The number of hydrogen-bond donors (Lipinski definition) is 1. The van der Waals surface area contributed by atoms with Crippen molar-refractivity contribution in [3.8, 4) is 11.6 Å². The normalized spacial score (nSPS) is 14.0. The van der Waals surface area contributed by atoms with Gasteiger partial charge in [-0.2, -0.15) is 0 Å². The first-order valence-corrected chi connectivity index (χ1v) is 4.67. The van der Waals surface area contributed by atoms with E-state index in [1.807, 2.05) is 0 Å². The quantitative estimate of drug-likeness (QED) is 0.822. The third-order valence-electron chi connectivity index (χ3n) is 1.76. The van der Waals surface area contributed by atoms with Crippen molar-refractivity contribution < 1.29 is 14.3 Å². The number of aromatic nitrogens is 1. The molecule has 5 nitrogen and oxygen atoms in total. The van der Waals surface area contributed by atoms with Gasteiger partial charge in [-0.25, -0.2) is 4.98 Å². The number of rotatable bonds is 1. The summed E-state index contributed by atoms with van der Waals surface area (Å²) in [4.78, 5) is 15.1. The molecule has 0 atom stereocenters. The molecule has 0 unspecified atom stereocenters. The van der Waals surface area contributed by atoms with Crippen LogP contribution in [-0.2, 0) is 4.79 Å². The van der Waals surface area contributed by atoms with Crippen LogP contribution >= 0.6 is 15.9 Å². The van der Waals surface area contributed by atoms with Crippen molar-refractivity contribution in [3.63, 3.8) is 0 Å². The third kappa shape index (κ3) is 1.41. The Hall–Kier alpha value is -1.30. The van der Waals surface area contributed by atoms with Crippen LogP contribution in [0.5, 0.6) is 11.6 Å². The summed E-state index contributed by atoms with van der Waals surface area (Å²) in [5.41, 5.74) is 0.470. The van der Waals surface area contributed by atoms with Gasteiger partial charge in [-0.15, -0.1) is 0 Å². The number of pyridine rings is 1. The Balaban J connectivity index is 2.54. The number of nitrogens with one attached hydrogen (secondary N) is 1. The van der Waals surface area contributed by atoms with Crippen LogP contribution in [0.2, 0.25) is 0 Å². The molecule has 0 aromatic carbocycles. The predicted molar refractivity (Wildman–Crippen MR) is 52.6 cm³/mol. The molecule has 2 rings (SSSR count). The molecule has 0 radical (unpaired) electrons. The number of hydrogen-bond acceptors (Lipinski definition) is 4. The maximum atomic E-state index is 11.1. The maximum absolute atomic E-state index is 11.1. The summed E-state index contributed by atoms with van der Waals surface area (Å²) < 4.78 is 10.9. The van der Waals surface area contributed by atoms with Gasteiger partial charge in [0.05, 0.1) is 11.6 Å². The van der Waals surface area contributed by atoms with Crippen LogP contribution in [0.4, 0.5) is 5.69 Å². The van der Waals surface area contributed by atoms with Gasteiger partial charge in [-0.1, -0.05) is 0 Å². The number of nitrogens with zero attached hydrogens (tertiary/aromatic N) is 1. The maximum Gasteiger partial charge on any atom is 0.262 e. The van der Waals surface area contributed by atoms with Gasteiger partial charge in [0.1, 0.15) is 5.69 Å². The van der Waals surface area contributed by atoms with Gasteiger partial charge < -0.3 is 14.8 Å². The Morgan fingerprint density at radius 3 is 3.21 bits per heavy atom. The Bertz CT molecular complexity index is 394. The highest BCUT2D eigenvalue weighted by molar-refractivity contribution is 9.10. The minimum atomic E-state index is -0.212. The van der Waals surface area contributed by atoms with Crippen molar-refractivity contribution in [2.24, 2.45) is 0 Å². The summed E-state index contributed by atoms with van der Waals surface area (Å²) in [5, 5.41) is 2.64. The lowest BCUT2D eigenvalue weighted by molar-refractivity contribution is -0.118. The fraction of sp³-hybridized carbons (Fsp3) is 0.250. The zero-order chi connectivity index (χ0) is 10.1. The first-order valence-electron chi connectivity index (χ1n) is 3.87. The largest absolute Gasteiger partial charge is 0.493 e. The van der Waals surface area contributed by atoms with Crippen molar-refractivity contribution in [3.05, 3.63) is 10.7 Å². The van der Waals surface area contributed by atoms with E-state index in [2.05, 4.69) is 26.2 Å². The summed E-state index contributed by atoms with van der Waals surface area (Å²) >= 11 is 3.26. The van der Waals surface area contributed by atoms with E-state index >= 15 is 0 Å². The van der Waals surface area contributed by atoms with Crippen molar-refractivity contribution in [2.75, 3.05) is 19.0 Å². The molecule has 74 valence electrons. The van der Waals surface area contributed by atoms with Gasteiger partial charge in [-0.05, 0) is 15.9 Å². The molecule has 1 aromatic heterocycles. The Kier molecular flexibility index (Phi) is 2.28. The number of anilines is 1. The second kappa shape index (κ2) is 3.45. The van der Waals surface area contributed by atoms with Gasteiger partial charge >= 0.3 is 0 Å². The molecule has 0 aliphatic carbocycles. The summed E-state index contributed by atoms with van der Waals surface area (Å²) in [7, 11) is 1.52. The van der Waals surface area contributed by atoms with Crippen molar-refractivity contribution in [2.45, 2.75) is 0 Å². The highest BCUT2D eigenvalue weighted by atomic mass is 79.9. The second-order valence-electron chi connectivity index (χ2n) is 2.66. The van der Waals surface area contributed by atoms with Crippen LogP contribution in [0.15, 0.2) is 10.7 Å². The van der Waals surface area contributed by atoms with Crippen LogP contribution in [0.3, 0.4) is 0 Å². The van der Waals surface area contributed by atoms with Gasteiger partial charge in [0.2, 0.25) is 5.88 Å². The molecule has 0 bridgehead atoms. The van der Waals surface area contributed by atoms with Crippen LogP contribution in [0.1, 0.15) is 0 Å². The van der Waals surface area contributed by atoms with E-state index < -0.39 is 0 Å². The number of fused-ring (bicyclic) bond motifs is 1. The summed E-state index contributed by atoms with van der Waals surface area (Å²) in [5.74, 6) is 0.684. The van der Waals surface area contributed by atoms with Crippen molar-refractivity contribution in [1.82, 2.24) is 4.98 Å². The average Bonchev–Trinajstić information content (AvgIpc) is 2.17. The average molecular weight is 259 g/mol. The number of amides is 1. The van der Waals surface area contributed by atoms with E-state index in [0.29, 0.717) is 21.8 Å². The molecule has 14 heavy (non-hydrogen) atoms. The number of carbonyl (C=O) groups excluding carboxylic acids is 1. The topological polar surface area (TPSA) is 60.5 Å². The first-order chi connectivity index (χ1) is 6.72. The molecule has 1 aliphatic heterocycles. The molecule has 1 amide bonds. The van der Waals surface area contributed by atoms with Crippen LogP contribution in [-0.4, -0.2) is 24.6 Å².